The van der Waals surface area contributed by atoms with E-state index < -0.39 is 0 Å². The fraction of sp³-hybridized carbons (Fsp3) is 0.333. The summed E-state index contributed by atoms with van der Waals surface area (Å²) in [4.78, 5) is 1.02. The SMILES string of the molecule is C=C\C=C/C(=C\C)C(/S)=C(/C)c1ccc(C2CC(C)C2)cc1. The molecule has 1 aromatic rings. The molecule has 0 amide bonds. The predicted molar refractivity (Wildman–Crippen MR) is 102 cm³/mol. The van der Waals surface area contributed by atoms with Crippen molar-refractivity contribution in [2.24, 2.45) is 5.92 Å². The van der Waals surface area contributed by atoms with Crippen molar-refractivity contribution in [2.45, 2.75) is 39.5 Å². The molecule has 0 spiro atoms. The van der Waals surface area contributed by atoms with Gasteiger partial charge in [0.1, 0.15) is 0 Å². The van der Waals surface area contributed by atoms with Crippen LogP contribution in [0.4, 0.5) is 0 Å². The van der Waals surface area contributed by atoms with Gasteiger partial charge in [-0.1, -0.05) is 62.1 Å². The number of allylic oxidation sites excluding steroid dienone is 6. The molecule has 1 heteroatoms. The summed E-state index contributed by atoms with van der Waals surface area (Å²) in [6, 6.07) is 9.03. The van der Waals surface area contributed by atoms with Crippen molar-refractivity contribution in [1.82, 2.24) is 0 Å². The molecule has 0 nitrogen and oxygen atoms in total. The van der Waals surface area contributed by atoms with Gasteiger partial charge in [-0.15, -0.1) is 12.6 Å². The first kappa shape index (κ1) is 16.9. The summed E-state index contributed by atoms with van der Waals surface area (Å²) in [6.45, 7) is 10.2. The average molecular weight is 311 g/mol. The minimum absolute atomic E-state index is 0.769. The molecule has 0 radical (unpaired) electrons. The molecule has 1 aromatic carbocycles. The number of hydrogen-bond acceptors (Lipinski definition) is 1. The molecule has 1 aliphatic carbocycles. The zero-order chi connectivity index (χ0) is 16.1. The Morgan fingerprint density at radius 2 is 1.86 bits per heavy atom. The van der Waals surface area contributed by atoms with Crippen LogP contribution in [0.3, 0.4) is 0 Å². The van der Waals surface area contributed by atoms with Crippen molar-refractivity contribution < 1.29 is 0 Å². The second-order valence-corrected chi connectivity index (χ2v) is 6.66. The van der Waals surface area contributed by atoms with Gasteiger partial charge >= 0.3 is 0 Å². The third kappa shape index (κ3) is 3.84. The smallest absolute Gasteiger partial charge is 0.0145 e. The fourth-order valence-corrected chi connectivity index (χ4v) is 3.35. The second kappa shape index (κ2) is 7.69. The Hall–Kier alpha value is -1.47. The molecular weight excluding hydrogens is 284 g/mol. The number of benzene rings is 1. The van der Waals surface area contributed by atoms with E-state index >= 15 is 0 Å². The Labute approximate surface area is 140 Å². The van der Waals surface area contributed by atoms with Crippen LogP contribution < -0.4 is 0 Å². The molecule has 0 N–H and O–H groups in total. The first-order valence-electron chi connectivity index (χ1n) is 8.02. The molecule has 2 rings (SSSR count). The van der Waals surface area contributed by atoms with Gasteiger partial charge in [-0.25, -0.2) is 0 Å². The summed E-state index contributed by atoms with van der Waals surface area (Å²) in [5.41, 5.74) is 5.05. The van der Waals surface area contributed by atoms with Gasteiger partial charge in [-0.3, -0.25) is 0 Å². The first-order valence-corrected chi connectivity index (χ1v) is 8.47. The zero-order valence-corrected chi connectivity index (χ0v) is 14.7. The van der Waals surface area contributed by atoms with Gasteiger partial charge in [0.2, 0.25) is 0 Å². The van der Waals surface area contributed by atoms with Crippen LogP contribution in [0.1, 0.15) is 50.7 Å². The molecule has 116 valence electrons. The largest absolute Gasteiger partial charge is 0.143 e. The monoisotopic (exact) mass is 310 g/mol. The Bertz CT molecular complexity index is 608. The zero-order valence-electron chi connectivity index (χ0n) is 13.8. The molecule has 0 atom stereocenters. The Morgan fingerprint density at radius 3 is 2.36 bits per heavy atom. The highest BCUT2D eigenvalue weighted by Gasteiger charge is 2.26. The van der Waals surface area contributed by atoms with Crippen LogP contribution in [0.2, 0.25) is 0 Å². The van der Waals surface area contributed by atoms with Gasteiger partial charge < -0.3 is 0 Å². The van der Waals surface area contributed by atoms with E-state index in [-0.39, 0.29) is 0 Å². The Morgan fingerprint density at radius 1 is 1.23 bits per heavy atom. The molecule has 1 aliphatic rings. The molecule has 0 aromatic heterocycles. The number of thiol groups is 1. The maximum absolute atomic E-state index is 4.72. The number of rotatable bonds is 5. The summed E-state index contributed by atoms with van der Waals surface area (Å²) >= 11 is 4.72. The topological polar surface area (TPSA) is 0 Å². The van der Waals surface area contributed by atoms with Gasteiger partial charge in [-0.2, -0.15) is 0 Å². The van der Waals surface area contributed by atoms with E-state index in [1.807, 2.05) is 19.1 Å². The summed E-state index contributed by atoms with van der Waals surface area (Å²) < 4.78 is 0. The first-order chi connectivity index (χ1) is 10.6. The standard InChI is InChI=1S/C21H26S/c1-5-7-8-17(6-2)21(22)16(4)18-9-11-19(12-10-18)20-13-15(3)14-20/h5-12,15,20,22H,1,13-14H2,2-4H3/b8-7-,17-6+,21-16+. The predicted octanol–water partition coefficient (Wildman–Crippen LogP) is 6.55. The molecule has 0 heterocycles. The Balaban J connectivity index is 2.20. The van der Waals surface area contributed by atoms with Gasteiger partial charge in [0.25, 0.3) is 0 Å². The Kier molecular flexibility index (Phi) is 5.90. The van der Waals surface area contributed by atoms with Crippen LogP contribution in [0.5, 0.6) is 0 Å². The highest BCUT2D eigenvalue weighted by Crippen LogP contribution is 2.41. The molecule has 0 aliphatic heterocycles. The average Bonchev–Trinajstić information content (AvgIpc) is 2.52. The minimum Gasteiger partial charge on any atom is -0.143 e. The van der Waals surface area contributed by atoms with E-state index in [0.29, 0.717) is 0 Å². The third-order valence-electron chi connectivity index (χ3n) is 4.54. The lowest BCUT2D eigenvalue weighted by molar-refractivity contribution is 0.288. The van der Waals surface area contributed by atoms with Crippen molar-refractivity contribution in [1.29, 1.82) is 0 Å². The second-order valence-electron chi connectivity index (χ2n) is 6.21. The van der Waals surface area contributed by atoms with E-state index in [1.165, 1.54) is 29.5 Å². The molecule has 0 unspecified atom stereocenters. The molecule has 0 bridgehead atoms. The van der Waals surface area contributed by atoms with Gasteiger partial charge in [0.15, 0.2) is 0 Å². The molecular formula is C21H26S. The van der Waals surface area contributed by atoms with Crippen LogP contribution in [0, 0.1) is 5.92 Å². The lowest BCUT2D eigenvalue weighted by Gasteiger charge is -2.33. The van der Waals surface area contributed by atoms with Crippen molar-refractivity contribution in [2.75, 3.05) is 0 Å². The van der Waals surface area contributed by atoms with Crippen LogP contribution in [0.25, 0.3) is 5.57 Å². The molecule has 0 saturated heterocycles. The van der Waals surface area contributed by atoms with Crippen molar-refractivity contribution in [3.05, 3.63) is 76.8 Å². The quantitative estimate of drug-likeness (QED) is 0.462. The highest BCUT2D eigenvalue weighted by atomic mass is 32.1. The molecule has 22 heavy (non-hydrogen) atoms. The fourth-order valence-electron chi connectivity index (χ4n) is 3.02. The number of hydrogen-bond donors (Lipinski definition) is 1. The third-order valence-corrected chi connectivity index (χ3v) is 5.13. The molecule has 1 saturated carbocycles. The van der Waals surface area contributed by atoms with Gasteiger partial charge in [0, 0.05) is 4.91 Å². The van der Waals surface area contributed by atoms with E-state index in [4.69, 9.17) is 12.6 Å². The summed E-state index contributed by atoms with van der Waals surface area (Å²) in [5, 5.41) is 0. The minimum atomic E-state index is 0.769. The highest BCUT2D eigenvalue weighted by molar-refractivity contribution is 7.85. The van der Waals surface area contributed by atoms with E-state index in [0.717, 1.165) is 22.3 Å². The van der Waals surface area contributed by atoms with E-state index in [1.54, 1.807) is 6.08 Å². The van der Waals surface area contributed by atoms with E-state index in [2.05, 4.69) is 50.8 Å². The van der Waals surface area contributed by atoms with E-state index in [9.17, 15) is 0 Å². The van der Waals surface area contributed by atoms with Crippen LogP contribution in [-0.4, -0.2) is 0 Å². The summed E-state index contributed by atoms with van der Waals surface area (Å²) in [7, 11) is 0. The maximum atomic E-state index is 4.72. The van der Waals surface area contributed by atoms with Gasteiger partial charge in [0.05, 0.1) is 0 Å². The summed E-state index contributed by atoms with van der Waals surface area (Å²) in [6.07, 6.45) is 10.5. The van der Waals surface area contributed by atoms with Crippen molar-refractivity contribution in [3.63, 3.8) is 0 Å². The van der Waals surface area contributed by atoms with Gasteiger partial charge in [-0.05, 0) is 60.8 Å². The summed E-state index contributed by atoms with van der Waals surface area (Å²) in [5.74, 6) is 1.66. The van der Waals surface area contributed by atoms with Crippen molar-refractivity contribution in [3.8, 4) is 0 Å². The molecule has 1 fully saturated rings. The normalized spacial score (nSPS) is 23.2. The van der Waals surface area contributed by atoms with Crippen LogP contribution >= 0.6 is 12.6 Å². The lowest BCUT2D eigenvalue weighted by atomic mass is 9.72. The lowest BCUT2D eigenvalue weighted by Crippen LogP contribution is -2.18. The maximum Gasteiger partial charge on any atom is 0.0145 e. The van der Waals surface area contributed by atoms with Crippen molar-refractivity contribution >= 4 is 18.2 Å². The van der Waals surface area contributed by atoms with Crippen LogP contribution in [-0.2, 0) is 0 Å². The van der Waals surface area contributed by atoms with Crippen LogP contribution in [0.15, 0.2) is 65.6 Å².